The molecule has 2 aromatic carbocycles. The van der Waals surface area contributed by atoms with Crippen molar-refractivity contribution in [2.24, 2.45) is 0 Å². The molecule has 1 amide bonds. The van der Waals surface area contributed by atoms with E-state index in [9.17, 15) is 4.79 Å². The Labute approximate surface area is 157 Å². The van der Waals surface area contributed by atoms with Gasteiger partial charge in [-0.2, -0.15) is 5.10 Å². The number of aromatic amines is 1. The van der Waals surface area contributed by atoms with Crippen LogP contribution in [-0.4, -0.2) is 34.7 Å². The van der Waals surface area contributed by atoms with Crippen LogP contribution in [0.5, 0.6) is 11.5 Å². The highest BCUT2D eigenvalue weighted by molar-refractivity contribution is 5.93. The van der Waals surface area contributed by atoms with E-state index in [0.29, 0.717) is 12.3 Å². The van der Waals surface area contributed by atoms with Crippen molar-refractivity contribution in [1.29, 1.82) is 0 Å². The van der Waals surface area contributed by atoms with Gasteiger partial charge in [-0.05, 0) is 42.3 Å². The van der Waals surface area contributed by atoms with Gasteiger partial charge in [0, 0.05) is 6.54 Å². The fraction of sp³-hybridized carbons (Fsp3) is 0.238. The first-order valence-corrected chi connectivity index (χ1v) is 8.91. The summed E-state index contributed by atoms with van der Waals surface area (Å²) in [6.07, 6.45) is 0.938. The number of likely N-dealkylation sites (tertiary alicyclic amines) is 1. The maximum Gasteiger partial charge on any atom is 0.274 e. The summed E-state index contributed by atoms with van der Waals surface area (Å²) in [5, 5.41) is 7.06. The van der Waals surface area contributed by atoms with E-state index < -0.39 is 0 Å². The summed E-state index contributed by atoms with van der Waals surface area (Å²) >= 11 is 0. The molecule has 1 saturated heterocycles. The lowest BCUT2D eigenvalue weighted by Gasteiger charge is -2.41. The number of nitrogens with one attached hydrogen (secondary N) is 1. The van der Waals surface area contributed by atoms with Crippen molar-refractivity contribution in [1.82, 2.24) is 15.1 Å². The molecule has 0 spiro atoms. The molecule has 1 N–H and O–H groups in total. The number of nitrogens with zero attached hydrogens (tertiary/aromatic N) is 2. The molecule has 1 fully saturated rings. The smallest absolute Gasteiger partial charge is 0.274 e. The number of methoxy groups -OCH3 is 1. The number of aromatic nitrogens is 2. The van der Waals surface area contributed by atoms with Crippen molar-refractivity contribution in [2.45, 2.75) is 19.1 Å². The highest BCUT2D eigenvalue weighted by Gasteiger charge is 2.35. The molecule has 0 saturated carbocycles. The number of benzene rings is 2. The number of amides is 1. The van der Waals surface area contributed by atoms with Crippen molar-refractivity contribution >= 4 is 5.91 Å². The van der Waals surface area contributed by atoms with Gasteiger partial charge < -0.3 is 14.4 Å². The van der Waals surface area contributed by atoms with Crippen molar-refractivity contribution in [3.05, 3.63) is 77.6 Å². The Balaban J connectivity index is 1.41. The van der Waals surface area contributed by atoms with Crippen LogP contribution in [0.25, 0.3) is 0 Å². The van der Waals surface area contributed by atoms with Gasteiger partial charge >= 0.3 is 0 Å². The number of H-pyrrole nitrogens is 1. The number of carbonyl (C=O) groups is 1. The highest BCUT2D eigenvalue weighted by atomic mass is 16.5. The SMILES string of the molecule is COc1cccc([C@@H]2CCN2C(=O)c2cc(COc3ccccc3)[nH]n2)c1. The predicted octanol–water partition coefficient (Wildman–Crippen LogP) is 3.58. The summed E-state index contributed by atoms with van der Waals surface area (Å²) < 4.78 is 11.0. The molecule has 2 heterocycles. The van der Waals surface area contributed by atoms with Crippen LogP contribution < -0.4 is 9.47 Å². The van der Waals surface area contributed by atoms with Crippen LogP contribution >= 0.6 is 0 Å². The van der Waals surface area contributed by atoms with Gasteiger partial charge in [-0.25, -0.2) is 0 Å². The quantitative estimate of drug-likeness (QED) is 0.727. The zero-order valence-electron chi connectivity index (χ0n) is 15.1. The Hall–Kier alpha value is -3.28. The normalized spacial score (nSPS) is 15.9. The van der Waals surface area contributed by atoms with Gasteiger partial charge in [-0.3, -0.25) is 9.89 Å². The largest absolute Gasteiger partial charge is 0.497 e. The van der Waals surface area contributed by atoms with Gasteiger partial charge in [-0.15, -0.1) is 0 Å². The molecule has 1 aromatic heterocycles. The van der Waals surface area contributed by atoms with Gasteiger partial charge in [0.25, 0.3) is 5.91 Å². The van der Waals surface area contributed by atoms with Crippen LogP contribution in [0.2, 0.25) is 0 Å². The maximum atomic E-state index is 12.8. The van der Waals surface area contributed by atoms with Crippen LogP contribution in [-0.2, 0) is 6.61 Å². The van der Waals surface area contributed by atoms with Crippen molar-refractivity contribution in [3.8, 4) is 11.5 Å². The average molecular weight is 363 g/mol. The molecule has 1 aliphatic rings. The third kappa shape index (κ3) is 3.65. The van der Waals surface area contributed by atoms with E-state index in [2.05, 4.69) is 10.2 Å². The highest BCUT2D eigenvalue weighted by Crippen LogP contribution is 2.35. The van der Waals surface area contributed by atoms with E-state index in [4.69, 9.17) is 9.47 Å². The first-order valence-electron chi connectivity index (χ1n) is 8.91. The van der Waals surface area contributed by atoms with E-state index in [1.807, 2.05) is 59.5 Å². The molecule has 1 aliphatic heterocycles. The third-order valence-electron chi connectivity index (χ3n) is 4.75. The summed E-state index contributed by atoms with van der Waals surface area (Å²) in [7, 11) is 1.64. The number of hydrogen-bond acceptors (Lipinski definition) is 4. The van der Waals surface area contributed by atoms with Crippen LogP contribution in [0.1, 0.15) is 34.2 Å². The van der Waals surface area contributed by atoms with Crippen LogP contribution in [0.4, 0.5) is 0 Å². The fourth-order valence-corrected chi connectivity index (χ4v) is 3.20. The van der Waals surface area contributed by atoms with E-state index in [1.54, 1.807) is 13.2 Å². The van der Waals surface area contributed by atoms with Gasteiger partial charge in [0.05, 0.1) is 18.8 Å². The summed E-state index contributed by atoms with van der Waals surface area (Å²) in [4.78, 5) is 14.7. The summed E-state index contributed by atoms with van der Waals surface area (Å²) in [5.41, 5.74) is 2.26. The molecule has 0 unspecified atom stereocenters. The zero-order valence-corrected chi connectivity index (χ0v) is 15.1. The molecular formula is C21H21N3O3. The Kier molecular flexibility index (Phi) is 4.78. The molecule has 4 rings (SSSR count). The molecule has 3 aromatic rings. The van der Waals surface area contributed by atoms with Crippen molar-refractivity contribution in [2.75, 3.05) is 13.7 Å². The van der Waals surface area contributed by atoms with E-state index >= 15 is 0 Å². The van der Waals surface area contributed by atoms with Crippen molar-refractivity contribution < 1.29 is 14.3 Å². The molecule has 0 aliphatic carbocycles. The summed E-state index contributed by atoms with van der Waals surface area (Å²) in [6.45, 7) is 1.06. The average Bonchev–Trinajstić information content (AvgIpc) is 3.16. The fourth-order valence-electron chi connectivity index (χ4n) is 3.20. The first kappa shape index (κ1) is 17.1. The summed E-state index contributed by atoms with van der Waals surface area (Å²) in [6, 6.07) is 19.2. The topological polar surface area (TPSA) is 67.4 Å². The number of ether oxygens (including phenoxy) is 2. The van der Waals surface area contributed by atoms with E-state index in [-0.39, 0.29) is 11.9 Å². The molecule has 6 nitrogen and oxygen atoms in total. The van der Waals surface area contributed by atoms with Crippen LogP contribution in [0.3, 0.4) is 0 Å². The van der Waals surface area contributed by atoms with Crippen LogP contribution in [0.15, 0.2) is 60.7 Å². The Bertz CT molecular complexity index is 923. The summed E-state index contributed by atoms with van der Waals surface area (Å²) in [5.74, 6) is 1.50. The first-order chi connectivity index (χ1) is 13.2. The number of carbonyl (C=O) groups excluding carboxylic acids is 1. The third-order valence-corrected chi connectivity index (χ3v) is 4.75. The second kappa shape index (κ2) is 7.53. The van der Waals surface area contributed by atoms with Gasteiger partial charge in [0.1, 0.15) is 18.1 Å². The lowest BCUT2D eigenvalue weighted by molar-refractivity contribution is 0.0453. The van der Waals surface area contributed by atoms with Crippen molar-refractivity contribution in [3.63, 3.8) is 0 Å². The lowest BCUT2D eigenvalue weighted by Crippen LogP contribution is -2.45. The second-order valence-corrected chi connectivity index (χ2v) is 6.46. The molecule has 0 radical (unpaired) electrons. The number of hydrogen-bond donors (Lipinski definition) is 1. The minimum atomic E-state index is -0.0729. The molecule has 138 valence electrons. The Morgan fingerprint density at radius 2 is 1.96 bits per heavy atom. The number of para-hydroxylation sites is 1. The predicted molar refractivity (Wildman–Crippen MR) is 101 cm³/mol. The minimum absolute atomic E-state index is 0.0633. The Morgan fingerprint density at radius 1 is 1.15 bits per heavy atom. The molecular weight excluding hydrogens is 342 g/mol. The van der Waals surface area contributed by atoms with E-state index in [1.165, 1.54) is 0 Å². The van der Waals surface area contributed by atoms with Gasteiger partial charge in [0.15, 0.2) is 5.69 Å². The monoisotopic (exact) mass is 363 g/mol. The molecule has 0 bridgehead atoms. The molecule has 6 heteroatoms. The standard InChI is InChI=1S/C21H21N3O3/c1-26-18-9-5-6-15(12-18)20-10-11-24(20)21(25)19-13-16(22-23-19)14-27-17-7-3-2-4-8-17/h2-9,12-13,20H,10-11,14H2,1H3,(H,22,23)/t20-/m0/s1. The van der Waals surface area contributed by atoms with Gasteiger partial charge in [0.2, 0.25) is 0 Å². The number of rotatable bonds is 6. The maximum absolute atomic E-state index is 12.8. The molecule has 27 heavy (non-hydrogen) atoms. The van der Waals surface area contributed by atoms with Crippen LogP contribution in [0, 0.1) is 0 Å². The molecule has 1 atom stereocenters. The zero-order chi connectivity index (χ0) is 18.6. The Morgan fingerprint density at radius 3 is 2.70 bits per heavy atom. The van der Waals surface area contributed by atoms with Gasteiger partial charge in [-0.1, -0.05) is 30.3 Å². The lowest BCUT2D eigenvalue weighted by atomic mass is 9.94. The van der Waals surface area contributed by atoms with E-state index in [0.717, 1.165) is 35.7 Å². The second-order valence-electron chi connectivity index (χ2n) is 6.46. The minimum Gasteiger partial charge on any atom is -0.497 e.